The van der Waals surface area contributed by atoms with Crippen LogP contribution >= 0.6 is 0 Å². The molecule has 0 radical (unpaired) electrons. The van der Waals surface area contributed by atoms with Gasteiger partial charge in [-0.2, -0.15) is 0 Å². The Kier molecular flexibility index (Phi) is 13.8. The standard InChI is InChI=1S/C14H29FO2/c1-17-12-10-8-6-4-2-3-5-7-9-11-14(15)13-16/h14,16H,2-13H2,1H3. The van der Waals surface area contributed by atoms with Gasteiger partial charge in [0.15, 0.2) is 0 Å². The first-order valence-electron chi connectivity index (χ1n) is 7.05. The molecular formula is C14H29FO2. The van der Waals surface area contributed by atoms with Gasteiger partial charge in [-0.25, -0.2) is 4.39 Å². The Labute approximate surface area is 106 Å². The van der Waals surface area contributed by atoms with Gasteiger partial charge in [0.25, 0.3) is 0 Å². The highest BCUT2D eigenvalue weighted by Crippen LogP contribution is 2.12. The highest BCUT2D eigenvalue weighted by Gasteiger charge is 2.02. The first-order chi connectivity index (χ1) is 8.31. The monoisotopic (exact) mass is 248 g/mol. The van der Waals surface area contributed by atoms with Crippen LogP contribution in [-0.2, 0) is 4.74 Å². The fourth-order valence-electron chi connectivity index (χ4n) is 1.94. The van der Waals surface area contributed by atoms with E-state index in [1.807, 2.05) is 0 Å². The van der Waals surface area contributed by atoms with Crippen LogP contribution in [-0.4, -0.2) is 31.6 Å². The Morgan fingerprint density at radius 3 is 1.82 bits per heavy atom. The number of methoxy groups -OCH3 is 1. The van der Waals surface area contributed by atoms with Crippen molar-refractivity contribution in [1.82, 2.24) is 0 Å². The smallest absolute Gasteiger partial charge is 0.123 e. The summed E-state index contributed by atoms with van der Waals surface area (Å²) < 4.78 is 17.6. The number of aliphatic hydroxyl groups is 1. The van der Waals surface area contributed by atoms with Gasteiger partial charge in [-0.1, -0.05) is 51.4 Å². The summed E-state index contributed by atoms with van der Waals surface area (Å²) in [5.74, 6) is 0. The predicted octanol–water partition coefficient (Wildman–Crippen LogP) is 3.86. The lowest BCUT2D eigenvalue weighted by Gasteiger charge is -2.04. The van der Waals surface area contributed by atoms with Gasteiger partial charge in [0.05, 0.1) is 6.61 Å². The molecule has 17 heavy (non-hydrogen) atoms. The van der Waals surface area contributed by atoms with Crippen molar-refractivity contribution in [2.24, 2.45) is 0 Å². The molecular weight excluding hydrogens is 219 g/mol. The van der Waals surface area contributed by atoms with Crippen molar-refractivity contribution in [1.29, 1.82) is 0 Å². The number of hydrogen-bond donors (Lipinski definition) is 1. The molecule has 0 saturated carbocycles. The molecule has 0 aliphatic rings. The lowest BCUT2D eigenvalue weighted by Crippen LogP contribution is -2.04. The largest absolute Gasteiger partial charge is 0.393 e. The number of ether oxygens (including phenoxy) is 1. The van der Waals surface area contributed by atoms with Crippen molar-refractivity contribution in [3.63, 3.8) is 0 Å². The molecule has 2 nitrogen and oxygen atoms in total. The predicted molar refractivity (Wildman–Crippen MR) is 70.0 cm³/mol. The SMILES string of the molecule is COCCCCCCCCCCCC(F)CO. The topological polar surface area (TPSA) is 29.5 Å². The maximum absolute atomic E-state index is 12.6. The highest BCUT2D eigenvalue weighted by molar-refractivity contribution is 4.54. The van der Waals surface area contributed by atoms with Crippen LogP contribution < -0.4 is 0 Å². The Morgan fingerprint density at radius 2 is 1.35 bits per heavy atom. The van der Waals surface area contributed by atoms with Crippen LogP contribution in [0.3, 0.4) is 0 Å². The van der Waals surface area contributed by atoms with Gasteiger partial charge >= 0.3 is 0 Å². The minimum Gasteiger partial charge on any atom is -0.393 e. The summed E-state index contributed by atoms with van der Waals surface area (Å²) in [6.07, 6.45) is 10.4. The molecule has 1 unspecified atom stereocenters. The third-order valence-electron chi connectivity index (χ3n) is 3.06. The van der Waals surface area contributed by atoms with E-state index in [0.717, 1.165) is 19.4 Å². The molecule has 104 valence electrons. The summed E-state index contributed by atoms with van der Waals surface area (Å²) in [4.78, 5) is 0. The number of halogens is 1. The molecule has 0 bridgehead atoms. The molecule has 0 aromatic rings. The molecule has 0 spiro atoms. The zero-order valence-electron chi connectivity index (χ0n) is 11.3. The normalized spacial score (nSPS) is 12.9. The number of hydrogen-bond acceptors (Lipinski definition) is 2. The second-order valence-corrected chi connectivity index (χ2v) is 4.74. The lowest BCUT2D eigenvalue weighted by molar-refractivity contribution is 0.167. The minimum atomic E-state index is -1.00. The first kappa shape index (κ1) is 16.9. The average Bonchev–Trinajstić information content (AvgIpc) is 2.35. The molecule has 0 aromatic carbocycles. The highest BCUT2D eigenvalue weighted by atomic mass is 19.1. The van der Waals surface area contributed by atoms with Crippen LogP contribution in [0.1, 0.15) is 64.2 Å². The molecule has 1 atom stereocenters. The Morgan fingerprint density at radius 1 is 0.882 bits per heavy atom. The Balaban J connectivity index is 2.94. The second-order valence-electron chi connectivity index (χ2n) is 4.74. The van der Waals surface area contributed by atoms with Crippen LogP contribution in [0.25, 0.3) is 0 Å². The van der Waals surface area contributed by atoms with E-state index in [2.05, 4.69) is 0 Å². The Hall–Kier alpha value is -0.150. The molecule has 0 aromatic heterocycles. The third kappa shape index (κ3) is 13.8. The third-order valence-corrected chi connectivity index (χ3v) is 3.06. The zero-order valence-corrected chi connectivity index (χ0v) is 11.3. The molecule has 0 saturated heterocycles. The summed E-state index contributed by atoms with van der Waals surface area (Å²) in [6, 6.07) is 0. The second kappa shape index (κ2) is 13.9. The van der Waals surface area contributed by atoms with E-state index in [1.54, 1.807) is 7.11 Å². The maximum Gasteiger partial charge on any atom is 0.123 e. The molecule has 1 N–H and O–H groups in total. The van der Waals surface area contributed by atoms with Crippen LogP contribution in [0.15, 0.2) is 0 Å². The van der Waals surface area contributed by atoms with Crippen LogP contribution in [0, 0.1) is 0 Å². The van der Waals surface area contributed by atoms with E-state index in [9.17, 15) is 4.39 Å². The molecule has 0 fully saturated rings. The molecule has 0 aliphatic heterocycles. The van der Waals surface area contributed by atoms with E-state index in [4.69, 9.17) is 9.84 Å². The van der Waals surface area contributed by atoms with Gasteiger partial charge in [0, 0.05) is 13.7 Å². The van der Waals surface area contributed by atoms with Crippen molar-refractivity contribution < 1.29 is 14.2 Å². The van der Waals surface area contributed by atoms with E-state index in [1.165, 1.54) is 44.9 Å². The summed E-state index contributed by atoms with van der Waals surface area (Å²) in [6.45, 7) is 0.566. The molecule has 0 heterocycles. The van der Waals surface area contributed by atoms with E-state index in [-0.39, 0.29) is 6.61 Å². The van der Waals surface area contributed by atoms with Gasteiger partial charge < -0.3 is 9.84 Å². The van der Waals surface area contributed by atoms with Crippen LogP contribution in [0.5, 0.6) is 0 Å². The van der Waals surface area contributed by atoms with Gasteiger partial charge in [-0.15, -0.1) is 0 Å². The Bertz CT molecular complexity index is 142. The van der Waals surface area contributed by atoms with Crippen molar-refractivity contribution in [2.45, 2.75) is 70.4 Å². The fourth-order valence-corrected chi connectivity index (χ4v) is 1.94. The zero-order chi connectivity index (χ0) is 12.8. The summed E-state index contributed by atoms with van der Waals surface area (Å²) in [5.41, 5.74) is 0. The van der Waals surface area contributed by atoms with Crippen molar-refractivity contribution >= 4 is 0 Å². The van der Waals surface area contributed by atoms with Crippen molar-refractivity contribution in [3.05, 3.63) is 0 Å². The fraction of sp³-hybridized carbons (Fsp3) is 1.00. The number of unbranched alkanes of at least 4 members (excludes halogenated alkanes) is 8. The van der Waals surface area contributed by atoms with E-state index >= 15 is 0 Å². The number of aliphatic hydroxyl groups excluding tert-OH is 1. The van der Waals surface area contributed by atoms with Crippen LogP contribution in [0.2, 0.25) is 0 Å². The van der Waals surface area contributed by atoms with Crippen molar-refractivity contribution in [3.8, 4) is 0 Å². The quantitative estimate of drug-likeness (QED) is 0.501. The van der Waals surface area contributed by atoms with Gasteiger partial charge in [-0.3, -0.25) is 0 Å². The number of alkyl halides is 1. The molecule has 0 amide bonds. The molecule has 0 aliphatic carbocycles. The van der Waals surface area contributed by atoms with Gasteiger partial charge in [-0.05, 0) is 12.8 Å². The number of rotatable bonds is 13. The lowest BCUT2D eigenvalue weighted by atomic mass is 10.1. The van der Waals surface area contributed by atoms with Crippen LogP contribution in [0.4, 0.5) is 4.39 Å². The summed E-state index contributed by atoms with van der Waals surface area (Å²) >= 11 is 0. The molecule has 3 heteroatoms. The maximum atomic E-state index is 12.6. The van der Waals surface area contributed by atoms with Crippen molar-refractivity contribution in [2.75, 3.05) is 20.3 Å². The van der Waals surface area contributed by atoms with E-state index < -0.39 is 6.17 Å². The van der Waals surface area contributed by atoms with E-state index in [0.29, 0.717) is 6.42 Å². The minimum absolute atomic E-state index is 0.318. The van der Waals surface area contributed by atoms with Gasteiger partial charge in [0.1, 0.15) is 6.17 Å². The molecule has 0 rings (SSSR count). The first-order valence-corrected chi connectivity index (χ1v) is 7.05. The summed E-state index contributed by atoms with van der Waals surface area (Å²) in [7, 11) is 1.75. The average molecular weight is 248 g/mol. The summed E-state index contributed by atoms with van der Waals surface area (Å²) in [5, 5.41) is 8.51. The van der Waals surface area contributed by atoms with Gasteiger partial charge in [0.2, 0.25) is 0 Å².